The Balaban J connectivity index is 1.70. The molecule has 0 fully saturated rings. The third-order valence-electron chi connectivity index (χ3n) is 4.80. The quantitative estimate of drug-likeness (QED) is 0.467. The van der Waals surface area contributed by atoms with Gasteiger partial charge in [-0.25, -0.2) is 0 Å². The molecule has 6 heteroatoms. The Morgan fingerprint density at radius 1 is 1.07 bits per heavy atom. The van der Waals surface area contributed by atoms with E-state index in [1.54, 1.807) is 42.2 Å². The molecule has 4 aromatic rings. The molecule has 0 atom stereocenters. The predicted octanol–water partition coefficient (Wildman–Crippen LogP) is 5.35. The predicted molar refractivity (Wildman–Crippen MR) is 116 cm³/mol. The summed E-state index contributed by atoms with van der Waals surface area (Å²) in [5.41, 5.74) is 2.97. The van der Waals surface area contributed by atoms with Crippen molar-refractivity contribution in [2.45, 2.75) is 6.92 Å². The first-order valence-corrected chi connectivity index (χ1v) is 9.44. The molecule has 0 saturated carbocycles. The Kier molecular flexibility index (Phi) is 4.91. The molecule has 4 rings (SSSR count). The minimum Gasteiger partial charge on any atom is -0.346 e. The Morgan fingerprint density at radius 2 is 1.86 bits per heavy atom. The lowest BCUT2D eigenvalue weighted by Crippen LogP contribution is -2.15. The van der Waals surface area contributed by atoms with Gasteiger partial charge in [0.1, 0.15) is 5.69 Å². The van der Waals surface area contributed by atoms with Crippen molar-refractivity contribution in [2.24, 2.45) is 7.05 Å². The minimum absolute atomic E-state index is 0.0875. The molecule has 0 saturated heterocycles. The SMILES string of the molecule is CC(=O)c1cc(C(=O)Nc2ccc(Cl)c(-c3nccc4ccccc34)c2)n(C)c1. The van der Waals surface area contributed by atoms with Crippen molar-refractivity contribution in [3.63, 3.8) is 0 Å². The number of halogens is 1. The van der Waals surface area contributed by atoms with Crippen LogP contribution in [0.3, 0.4) is 0 Å². The number of amides is 1. The van der Waals surface area contributed by atoms with Crippen molar-refractivity contribution in [3.8, 4) is 11.3 Å². The van der Waals surface area contributed by atoms with Crippen molar-refractivity contribution in [1.29, 1.82) is 0 Å². The summed E-state index contributed by atoms with van der Waals surface area (Å²) in [4.78, 5) is 28.8. The maximum Gasteiger partial charge on any atom is 0.272 e. The third-order valence-corrected chi connectivity index (χ3v) is 5.13. The smallest absolute Gasteiger partial charge is 0.272 e. The van der Waals surface area contributed by atoms with Crippen LogP contribution in [0, 0.1) is 0 Å². The molecule has 0 aliphatic rings. The molecule has 0 spiro atoms. The zero-order valence-corrected chi connectivity index (χ0v) is 16.7. The molecule has 2 aromatic carbocycles. The van der Waals surface area contributed by atoms with E-state index in [1.165, 1.54) is 6.92 Å². The summed E-state index contributed by atoms with van der Waals surface area (Å²) >= 11 is 6.45. The average Bonchev–Trinajstić information content (AvgIpc) is 3.11. The van der Waals surface area contributed by atoms with E-state index in [0.717, 1.165) is 22.0 Å². The molecule has 29 heavy (non-hydrogen) atoms. The van der Waals surface area contributed by atoms with Crippen molar-refractivity contribution in [1.82, 2.24) is 9.55 Å². The van der Waals surface area contributed by atoms with Crippen LogP contribution in [-0.4, -0.2) is 21.2 Å². The van der Waals surface area contributed by atoms with Gasteiger partial charge in [0.05, 0.1) is 10.7 Å². The fourth-order valence-electron chi connectivity index (χ4n) is 3.30. The van der Waals surface area contributed by atoms with Gasteiger partial charge < -0.3 is 9.88 Å². The lowest BCUT2D eigenvalue weighted by Gasteiger charge is -2.11. The van der Waals surface area contributed by atoms with Gasteiger partial charge in [-0.05, 0) is 42.6 Å². The third kappa shape index (κ3) is 3.65. The molecule has 0 bridgehead atoms. The summed E-state index contributed by atoms with van der Waals surface area (Å²) < 4.78 is 1.63. The van der Waals surface area contributed by atoms with Crippen LogP contribution in [0.2, 0.25) is 5.02 Å². The molecule has 0 radical (unpaired) electrons. The van der Waals surface area contributed by atoms with E-state index in [0.29, 0.717) is 22.0 Å². The van der Waals surface area contributed by atoms with Crippen LogP contribution in [0.4, 0.5) is 5.69 Å². The number of fused-ring (bicyclic) bond motifs is 1. The van der Waals surface area contributed by atoms with Gasteiger partial charge in [0.2, 0.25) is 0 Å². The number of nitrogens with one attached hydrogen (secondary N) is 1. The Bertz CT molecular complexity index is 1250. The fraction of sp³-hybridized carbons (Fsp3) is 0.0870. The Morgan fingerprint density at radius 3 is 2.62 bits per heavy atom. The number of ketones is 1. The molecule has 0 aliphatic heterocycles. The van der Waals surface area contributed by atoms with Crippen LogP contribution in [0.5, 0.6) is 0 Å². The summed E-state index contributed by atoms with van der Waals surface area (Å²) in [5, 5.41) is 5.46. The standard InChI is InChI=1S/C23H18ClN3O2/c1-14(28)16-11-21(27(2)13-16)23(29)26-17-7-8-20(24)19(12-17)22-18-6-4-3-5-15(18)9-10-25-22/h3-13H,1-2H3,(H,26,29). The second-order valence-corrected chi connectivity index (χ2v) is 7.22. The van der Waals surface area contributed by atoms with Gasteiger partial charge >= 0.3 is 0 Å². The number of carbonyl (C=O) groups excluding carboxylic acids is 2. The highest BCUT2D eigenvalue weighted by molar-refractivity contribution is 6.33. The van der Waals surface area contributed by atoms with Crippen LogP contribution in [-0.2, 0) is 7.05 Å². The first-order chi connectivity index (χ1) is 13.9. The van der Waals surface area contributed by atoms with Gasteiger partial charge in [0.25, 0.3) is 5.91 Å². The second kappa shape index (κ2) is 7.53. The molecular formula is C23H18ClN3O2. The van der Waals surface area contributed by atoms with Gasteiger partial charge in [0.15, 0.2) is 5.78 Å². The van der Waals surface area contributed by atoms with E-state index < -0.39 is 0 Å². The van der Waals surface area contributed by atoms with Gasteiger partial charge in [-0.15, -0.1) is 0 Å². The molecule has 2 aromatic heterocycles. The van der Waals surface area contributed by atoms with E-state index in [9.17, 15) is 9.59 Å². The van der Waals surface area contributed by atoms with Crippen LogP contribution in [0.15, 0.2) is 67.0 Å². The van der Waals surface area contributed by atoms with E-state index in [-0.39, 0.29) is 11.7 Å². The van der Waals surface area contributed by atoms with E-state index in [4.69, 9.17) is 11.6 Å². The van der Waals surface area contributed by atoms with Crippen LogP contribution >= 0.6 is 11.6 Å². The van der Waals surface area contributed by atoms with Gasteiger partial charge in [-0.2, -0.15) is 0 Å². The molecule has 1 N–H and O–H groups in total. The highest BCUT2D eigenvalue weighted by Crippen LogP contribution is 2.33. The summed E-state index contributed by atoms with van der Waals surface area (Å²) in [6, 6.07) is 16.7. The molecular weight excluding hydrogens is 386 g/mol. The zero-order chi connectivity index (χ0) is 20.5. The number of rotatable bonds is 4. The number of benzene rings is 2. The topological polar surface area (TPSA) is 64.0 Å². The minimum atomic E-state index is -0.306. The van der Waals surface area contributed by atoms with Crippen molar-refractivity contribution in [2.75, 3.05) is 5.32 Å². The van der Waals surface area contributed by atoms with Gasteiger partial charge in [0, 0.05) is 41.6 Å². The molecule has 0 aliphatic carbocycles. The molecule has 144 valence electrons. The largest absolute Gasteiger partial charge is 0.346 e. The normalized spacial score (nSPS) is 10.9. The number of anilines is 1. The monoisotopic (exact) mass is 403 g/mol. The number of Topliss-reactive ketones (excluding diaryl/α,β-unsaturated/α-hetero) is 1. The fourth-order valence-corrected chi connectivity index (χ4v) is 3.50. The lowest BCUT2D eigenvalue weighted by molar-refractivity contribution is 0.101. The van der Waals surface area contributed by atoms with E-state index in [1.807, 2.05) is 36.4 Å². The summed E-state index contributed by atoms with van der Waals surface area (Å²) in [7, 11) is 1.73. The van der Waals surface area contributed by atoms with E-state index in [2.05, 4.69) is 10.3 Å². The number of nitrogens with zero attached hydrogens (tertiary/aromatic N) is 2. The maximum absolute atomic E-state index is 12.7. The van der Waals surface area contributed by atoms with Crippen LogP contribution in [0.1, 0.15) is 27.8 Å². The highest BCUT2D eigenvalue weighted by Gasteiger charge is 2.16. The number of aromatic nitrogens is 2. The van der Waals surface area contributed by atoms with E-state index >= 15 is 0 Å². The number of pyridine rings is 1. The average molecular weight is 404 g/mol. The maximum atomic E-state index is 12.7. The van der Waals surface area contributed by atoms with Crippen molar-refractivity contribution < 1.29 is 9.59 Å². The molecule has 2 heterocycles. The first kappa shape index (κ1) is 18.9. The number of hydrogen-bond donors (Lipinski definition) is 1. The second-order valence-electron chi connectivity index (χ2n) is 6.81. The van der Waals surface area contributed by atoms with Crippen LogP contribution in [0.25, 0.3) is 22.0 Å². The Labute approximate surface area is 173 Å². The molecule has 5 nitrogen and oxygen atoms in total. The lowest BCUT2D eigenvalue weighted by atomic mass is 10.0. The Hall–Kier alpha value is -3.44. The highest BCUT2D eigenvalue weighted by atomic mass is 35.5. The van der Waals surface area contributed by atoms with Gasteiger partial charge in [-0.3, -0.25) is 14.6 Å². The molecule has 1 amide bonds. The first-order valence-electron chi connectivity index (χ1n) is 9.06. The summed E-state index contributed by atoms with van der Waals surface area (Å²) in [6.07, 6.45) is 3.39. The van der Waals surface area contributed by atoms with Crippen molar-refractivity contribution in [3.05, 3.63) is 83.3 Å². The number of aryl methyl sites for hydroxylation is 1. The molecule has 0 unspecified atom stereocenters. The van der Waals surface area contributed by atoms with Gasteiger partial charge in [-0.1, -0.05) is 35.9 Å². The van der Waals surface area contributed by atoms with Crippen molar-refractivity contribution >= 4 is 39.8 Å². The summed E-state index contributed by atoms with van der Waals surface area (Å²) in [5.74, 6) is -0.394. The number of hydrogen-bond acceptors (Lipinski definition) is 3. The van der Waals surface area contributed by atoms with Crippen LogP contribution < -0.4 is 5.32 Å². The number of carbonyl (C=O) groups is 2. The summed E-state index contributed by atoms with van der Waals surface area (Å²) in [6.45, 7) is 1.47. The zero-order valence-electron chi connectivity index (χ0n) is 15.9.